The second kappa shape index (κ2) is 14.4. The third-order valence-corrected chi connectivity index (χ3v) is 10.4. The number of nitrogens with zero attached hydrogens (tertiary/aromatic N) is 1. The van der Waals surface area contributed by atoms with Gasteiger partial charge in [0, 0.05) is 22.1 Å². The zero-order chi connectivity index (χ0) is 33.9. The molecule has 8 heteroatoms. The molecule has 1 saturated heterocycles. The summed E-state index contributed by atoms with van der Waals surface area (Å²) in [6.45, 7) is 2.35. The third kappa shape index (κ3) is 6.78. The minimum absolute atomic E-state index is 0.0106. The summed E-state index contributed by atoms with van der Waals surface area (Å²) in [5.41, 5.74) is 6.54. The van der Waals surface area contributed by atoms with E-state index < -0.39 is 6.29 Å². The van der Waals surface area contributed by atoms with E-state index in [0.29, 0.717) is 16.9 Å². The molecule has 0 saturated carbocycles. The Balaban J connectivity index is 1.10. The molecule has 7 nitrogen and oxygen atoms in total. The minimum atomic E-state index is -0.587. The first-order valence-electron chi connectivity index (χ1n) is 16.3. The molecule has 0 spiro atoms. The summed E-state index contributed by atoms with van der Waals surface area (Å²) in [4.78, 5) is 28.3. The first-order chi connectivity index (χ1) is 23.9. The Morgan fingerprint density at radius 3 is 2.10 bits per heavy atom. The highest BCUT2D eigenvalue weighted by atomic mass is 32.2. The minimum Gasteiger partial charge on any atom is -0.496 e. The number of aliphatic hydroxyl groups excluding tert-OH is 1. The summed E-state index contributed by atoms with van der Waals surface area (Å²) in [6, 6.07) is 38.9. The number of hydrogen-bond donors (Lipinski definition) is 1. The Bertz CT molecular complexity index is 1930. The van der Waals surface area contributed by atoms with Crippen LogP contribution in [0.3, 0.4) is 0 Å². The van der Waals surface area contributed by atoms with Crippen molar-refractivity contribution < 1.29 is 28.9 Å². The average Bonchev–Trinajstić information content (AvgIpc) is 3.39. The smallest absolute Gasteiger partial charge is 0.261 e. The molecule has 5 aromatic carbocycles. The fourth-order valence-electron chi connectivity index (χ4n) is 6.47. The van der Waals surface area contributed by atoms with Crippen LogP contribution in [-0.4, -0.2) is 40.8 Å². The fourth-order valence-corrected chi connectivity index (χ4v) is 7.66. The SMILES string of the molecule is COc1ccccc1SC[C@H]1O[C@@H](c2ccc(-c3cccc(CN4C(=O)c5ccccc5C4=O)c3)cc2)O[C@@H](c2ccc(CO)cc2)[C@H]1C. The van der Waals surface area contributed by atoms with E-state index in [0.717, 1.165) is 44.0 Å². The van der Waals surface area contributed by atoms with E-state index in [1.165, 1.54) is 4.90 Å². The van der Waals surface area contributed by atoms with Gasteiger partial charge in [-0.25, -0.2) is 0 Å². The second-order valence-corrected chi connectivity index (χ2v) is 13.4. The lowest BCUT2D eigenvalue weighted by Gasteiger charge is -2.41. The van der Waals surface area contributed by atoms with Gasteiger partial charge in [-0.2, -0.15) is 0 Å². The van der Waals surface area contributed by atoms with Crippen molar-refractivity contribution in [2.45, 2.75) is 43.5 Å². The largest absolute Gasteiger partial charge is 0.496 e. The standard InChI is InChI=1S/C41H37NO6S/c1-26-36(25-49-37-13-6-5-12-35(37)46-2)47-41(48-38(26)30-16-14-27(24-43)15-17-30)31-20-18-29(19-21-31)32-9-7-8-28(22-32)23-42-39(44)33-10-3-4-11-34(33)40(42)45/h3-22,26,36,38,41,43H,23-25H2,1-2H3/t26-,36+,38+,41+/m0/s1. The van der Waals surface area contributed by atoms with Crippen LogP contribution in [0.5, 0.6) is 5.75 Å². The first kappa shape index (κ1) is 32.8. The van der Waals surface area contributed by atoms with Gasteiger partial charge in [-0.05, 0) is 58.1 Å². The number of benzene rings is 5. The number of thioether (sulfide) groups is 1. The Labute approximate surface area is 290 Å². The molecule has 0 unspecified atom stereocenters. The third-order valence-electron chi connectivity index (χ3n) is 9.26. The molecule has 49 heavy (non-hydrogen) atoms. The molecule has 2 heterocycles. The van der Waals surface area contributed by atoms with Crippen LogP contribution < -0.4 is 4.74 Å². The van der Waals surface area contributed by atoms with Crippen molar-refractivity contribution in [2.24, 2.45) is 5.92 Å². The van der Waals surface area contributed by atoms with Gasteiger partial charge >= 0.3 is 0 Å². The number of para-hydroxylation sites is 1. The number of methoxy groups -OCH3 is 1. The zero-order valence-corrected chi connectivity index (χ0v) is 28.1. The van der Waals surface area contributed by atoms with Crippen molar-refractivity contribution >= 4 is 23.6 Å². The molecule has 0 bridgehead atoms. The number of aliphatic hydroxyl groups is 1. The van der Waals surface area contributed by atoms with Gasteiger partial charge in [-0.1, -0.05) is 97.9 Å². The maximum absolute atomic E-state index is 12.9. The van der Waals surface area contributed by atoms with Gasteiger partial charge in [0.2, 0.25) is 0 Å². The lowest BCUT2D eigenvalue weighted by molar-refractivity contribution is -0.268. The molecular weight excluding hydrogens is 635 g/mol. The van der Waals surface area contributed by atoms with Crippen LogP contribution in [0.15, 0.2) is 126 Å². The molecule has 2 aliphatic heterocycles. The number of rotatable bonds is 10. The molecule has 4 atom stereocenters. The predicted molar refractivity (Wildman–Crippen MR) is 189 cm³/mol. The van der Waals surface area contributed by atoms with Crippen molar-refractivity contribution in [2.75, 3.05) is 12.9 Å². The molecule has 0 aliphatic carbocycles. The molecule has 1 fully saturated rings. The van der Waals surface area contributed by atoms with E-state index in [1.807, 2.05) is 91.0 Å². The van der Waals surface area contributed by atoms with Crippen molar-refractivity contribution in [3.63, 3.8) is 0 Å². The maximum Gasteiger partial charge on any atom is 0.261 e. The maximum atomic E-state index is 12.9. The number of amides is 2. The van der Waals surface area contributed by atoms with E-state index in [-0.39, 0.29) is 43.1 Å². The van der Waals surface area contributed by atoms with Gasteiger partial charge in [0.1, 0.15) is 5.75 Å². The van der Waals surface area contributed by atoms with Crippen LogP contribution in [0.1, 0.15) is 62.3 Å². The predicted octanol–water partition coefficient (Wildman–Crippen LogP) is 8.23. The number of hydrogen-bond acceptors (Lipinski definition) is 7. The molecule has 5 aromatic rings. The van der Waals surface area contributed by atoms with Crippen LogP contribution in [0.25, 0.3) is 11.1 Å². The Morgan fingerprint density at radius 1 is 0.735 bits per heavy atom. The number of fused-ring (bicyclic) bond motifs is 1. The van der Waals surface area contributed by atoms with Crippen molar-refractivity contribution in [1.29, 1.82) is 0 Å². The summed E-state index contributed by atoms with van der Waals surface area (Å²) >= 11 is 1.71. The van der Waals surface area contributed by atoms with E-state index in [1.54, 1.807) is 43.1 Å². The first-order valence-corrected chi connectivity index (χ1v) is 17.3. The Kier molecular flexibility index (Phi) is 9.64. The van der Waals surface area contributed by atoms with Crippen LogP contribution in [-0.2, 0) is 22.6 Å². The lowest BCUT2D eigenvalue weighted by atomic mass is 9.91. The van der Waals surface area contributed by atoms with Crippen LogP contribution in [0.4, 0.5) is 0 Å². The lowest BCUT2D eigenvalue weighted by Crippen LogP contribution is -2.38. The van der Waals surface area contributed by atoms with Gasteiger partial charge in [-0.3, -0.25) is 14.5 Å². The average molecular weight is 672 g/mol. The number of imide groups is 1. The molecule has 1 N–H and O–H groups in total. The van der Waals surface area contributed by atoms with E-state index in [9.17, 15) is 14.7 Å². The fraction of sp³-hybridized carbons (Fsp3) is 0.220. The van der Waals surface area contributed by atoms with E-state index in [4.69, 9.17) is 14.2 Å². The van der Waals surface area contributed by atoms with Gasteiger partial charge in [0.05, 0.1) is 43.6 Å². The molecule has 248 valence electrons. The molecule has 0 radical (unpaired) electrons. The van der Waals surface area contributed by atoms with Crippen molar-refractivity contribution in [1.82, 2.24) is 4.90 Å². The summed E-state index contributed by atoms with van der Waals surface area (Å²) in [5, 5.41) is 9.59. The highest BCUT2D eigenvalue weighted by Gasteiger charge is 2.39. The summed E-state index contributed by atoms with van der Waals surface area (Å²) in [5.74, 6) is 1.08. The van der Waals surface area contributed by atoms with Gasteiger partial charge < -0.3 is 19.3 Å². The Morgan fingerprint density at radius 2 is 1.41 bits per heavy atom. The quantitative estimate of drug-likeness (QED) is 0.118. The number of ether oxygens (including phenoxy) is 3. The topological polar surface area (TPSA) is 85.3 Å². The number of carbonyl (C=O) groups excluding carboxylic acids is 2. The van der Waals surface area contributed by atoms with E-state index in [2.05, 4.69) is 13.0 Å². The Hall–Kier alpha value is -4.73. The molecule has 2 aliphatic rings. The highest BCUT2D eigenvalue weighted by molar-refractivity contribution is 7.99. The molecular formula is C41H37NO6S. The van der Waals surface area contributed by atoms with Crippen LogP contribution in [0, 0.1) is 5.92 Å². The van der Waals surface area contributed by atoms with Crippen LogP contribution >= 0.6 is 11.8 Å². The second-order valence-electron chi connectivity index (χ2n) is 12.3. The monoisotopic (exact) mass is 671 g/mol. The van der Waals surface area contributed by atoms with Crippen molar-refractivity contribution in [3.05, 3.63) is 155 Å². The zero-order valence-electron chi connectivity index (χ0n) is 27.3. The molecule has 0 aromatic heterocycles. The van der Waals surface area contributed by atoms with Crippen LogP contribution in [0.2, 0.25) is 0 Å². The normalized spacial score (nSPS) is 20.3. The molecule has 7 rings (SSSR count). The summed E-state index contributed by atoms with van der Waals surface area (Å²) < 4.78 is 18.9. The summed E-state index contributed by atoms with van der Waals surface area (Å²) in [6.07, 6.45) is -0.917. The van der Waals surface area contributed by atoms with Gasteiger partial charge in [-0.15, -0.1) is 11.8 Å². The van der Waals surface area contributed by atoms with Crippen molar-refractivity contribution in [3.8, 4) is 16.9 Å². The highest BCUT2D eigenvalue weighted by Crippen LogP contribution is 2.44. The van der Waals surface area contributed by atoms with E-state index >= 15 is 0 Å². The molecule has 2 amide bonds. The van der Waals surface area contributed by atoms with Gasteiger partial charge in [0.15, 0.2) is 6.29 Å². The summed E-state index contributed by atoms with van der Waals surface area (Å²) in [7, 11) is 1.68. The van der Waals surface area contributed by atoms with Gasteiger partial charge in [0.25, 0.3) is 11.8 Å². The number of carbonyl (C=O) groups is 2.